The molecule has 0 aliphatic rings. The van der Waals surface area contributed by atoms with Gasteiger partial charge in [0.05, 0.1) is 6.61 Å². The van der Waals surface area contributed by atoms with Gasteiger partial charge >= 0.3 is 5.97 Å². The van der Waals surface area contributed by atoms with Crippen LogP contribution < -0.4 is 10.9 Å². The number of ether oxygens (including phenoxy) is 1. The van der Waals surface area contributed by atoms with Gasteiger partial charge in [-0.3, -0.25) is 9.59 Å². The van der Waals surface area contributed by atoms with Gasteiger partial charge in [0.15, 0.2) is 0 Å². The fraction of sp³-hybridized carbons (Fsp3) is 0.250. The van der Waals surface area contributed by atoms with Crippen LogP contribution in [0.3, 0.4) is 0 Å². The van der Waals surface area contributed by atoms with Crippen molar-refractivity contribution in [2.75, 3.05) is 11.9 Å². The molecule has 0 bridgehead atoms. The number of nitrogens with zero attached hydrogens (tertiary/aromatic N) is 1. The Bertz CT molecular complexity index is 695. The maximum Gasteiger partial charge on any atom is 0.326 e. The van der Waals surface area contributed by atoms with Crippen molar-refractivity contribution in [1.82, 2.24) is 4.57 Å². The summed E-state index contributed by atoms with van der Waals surface area (Å²) in [5, 5.41) is 3.73. The number of halogens is 1. The topological polar surface area (TPSA) is 60.3 Å². The maximum absolute atomic E-state index is 12.3. The number of carbonyl (C=O) groups excluding carboxylic acids is 1. The number of benzene rings is 1. The fourth-order valence-electron chi connectivity index (χ4n) is 1.94. The summed E-state index contributed by atoms with van der Waals surface area (Å²) in [5.41, 5.74) is 1.18. The van der Waals surface area contributed by atoms with E-state index >= 15 is 0 Å². The minimum Gasteiger partial charge on any atom is -0.465 e. The molecule has 5 nitrogen and oxygen atoms in total. The Morgan fingerprint density at radius 2 is 2.00 bits per heavy atom. The van der Waals surface area contributed by atoms with Crippen LogP contribution in [0, 0.1) is 0 Å². The van der Waals surface area contributed by atoms with Crippen molar-refractivity contribution in [1.29, 1.82) is 0 Å². The van der Waals surface area contributed by atoms with Gasteiger partial charge < -0.3 is 14.6 Å². The van der Waals surface area contributed by atoms with E-state index < -0.39 is 5.97 Å². The van der Waals surface area contributed by atoms with Crippen molar-refractivity contribution in [3.8, 4) is 0 Å². The van der Waals surface area contributed by atoms with E-state index in [0.717, 1.165) is 5.56 Å². The molecule has 0 saturated carbocycles. The van der Waals surface area contributed by atoms with Gasteiger partial charge in [0.25, 0.3) is 5.56 Å². The molecule has 2 rings (SSSR count). The first-order valence-electron chi connectivity index (χ1n) is 6.93. The minimum atomic E-state index is -0.431. The highest BCUT2D eigenvalue weighted by atomic mass is 35.5. The highest BCUT2D eigenvalue weighted by Crippen LogP contribution is 2.10. The van der Waals surface area contributed by atoms with Gasteiger partial charge in [-0.15, -0.1) is 0 Å². The standard InChI is InChI=1S/C16H17ClN2O3/c1-2-22-15(20)11-19-9-3-4-14(16(19)21)18-10-12-5-7-13(17)8-6-12/h3-9,18H,2,10-11H2,1H3. The third kappa shape index (κ3) is 4.36. The highest BCUT2D eigenvalue weighted by molar-refractivity contribution is 6.30. The van der Waals surface area contributed by atoms with E-state index in [-0.39, 0.29) is 12.1 Å². The third-order valence-electron chi connectivity index (χ3n) is 3.02. The van der Waals surface area contributed by atoms with Crippen molar-refractivity contribution in [2.45, 2.75) is 20.0 Å². The lowest BCUT2D eigenvalue weighted by molar-refractivity contribution is -0.143. The van der Waals surface area contributed by atoms with E-state index in [1.807, 2.05) is 12.1 Å². The smallest absolute Gasteiger partial charge is 0.326 e. The molecule has 22 heavy (non-hydrogen) atoms. The molecule has 116 valence electrons. The van der Waals surface area contributed by atoms with Crippen LogP contribution in [0.15, 0.2) is 47.4 Å². The summed E-state index contributed by atoms with van der Waals surface area (Å²) in [6.07, 6.45) is 1.56. The molecule has 0 atom stereocenters. The molecule has 1 aromatic carbocycles. The second-order valence-corrected chi connectivity index (χ2v) is 5.08. The summed E-state index contributed by atoms with van der Waals surface area (Å²) >= 11 is 5.83. The second-order valence-electron chi connectivity index (χ2n) is 4.64. The number of hydrogen-bond donors (Lipinski definition) is 1. The number of rotatable bonds is 6. The number of pyridine rings is 1. The zero-order valence-electron chi connectivity index (χ0n) is 12.2. The van der Waals surface area contributed by atoms with Crippen LogP contribution in [-0.4, -0.2) is 17.1 Å². The quantitative estimate of drug-likeness (QED) is 0.831. The minimum absolute atomic E-state index is 0.0941. The van der Waals surface area contributed by atoms with Gasteiger partial charge in [0.2, 0.25) is 0 Å². The van der Waals surface area contributed by atoms with E-state index in [1.165, 1.54) is 4.57 Å². The Hall–Kier alpha value is -2.27. The third-order valence-corrected chi connectivity index (χ3v) is 3.27. The lowest BCUT2D eigenvalue weighted by atomic mass is 10.2. The van der Waals surface area contributed by atoms with Gasteiger partial charge in [-0.1, -0.05) is 23.7 Å². The predicted octanol–water partition coefficient (Wildman–Crippen LogP) is 2.68. The summed E-state index contributed by atoms with van der Waals surface area (Å²) in [7, 11) is 0. The largest absolute Gasteiger partial charge is 0.465 e. The van der Waals surface area contributed by atoms with E-state index in [4.69, 9.17) is 16.3 Å². The molecule has 0 spiro atoms. The van der Waals surface area contributed by atoms with Crippen LogP contribution in [0.2, 0.25) is 5.02 Å². The van der Waals surface area contributed by atoms with Gasteiger partial charge in [-0.2, -0.15) is 0 Å². The van der Waals surface area contributed by atoms with Gasteiger partial charge in [0, 0.05) is 17.8 Å². The molecular weight excluding hydrogens is 304 g/mol. The van der Waals surface area contributed by atoms with E-state index in [1.54, 1.807) is 37.4 Å². The van der Waals surface area contributed by atoms with Gasteiger partial charge in [0.1, 0.15) is 12.2 Å². The summed E-state index contributed by atoms with van der Waals surface area (Å²) in [5.74, 6) is -0.431. The molecule has 2 aromatic rings. The number of hydrogen-bond acceptors (Lipinski definition) is 4. The van der Waals surface area contributed by atoms with Crippen molar-refractivity contribution in [2.24, 2.45) is 0 Å². The van der Waals surface area contributed by atoms with Gasteiger partial charge in [-0.25, -0.2) is 0 Å². The first-order valence-corrected chi connectivity index (χ1v) is 7.31. The zero-order chi connectivity index (χ0) is 15.9. The predicted molar refractivity (Wildman–Crippen MR) is 86.1 cm³/mol. The maximum atomic E-state index is 12.3. The van der Waals surface area contributed by atoms with E-state index in [0.29, 0.717) is 23.9 Å². The molecule has 1 aromatic heterocycles. The normalized spacial score (nSPS) is 10.3. The average molecular weight is 321 g/mol. The van der Waals surface area contributed by atoms with Crippen molar-refractivity contribution >= 4 is 23.3 Å². The Morgan fingerprint density at radius 1 is 1.27 bits per heavy atom. The van der Waals surface area contributed by atoms with E-state index in [9.17, 15) is 9.59 Å². The lowest BCUT2D eigenvalue weighted by Crippen LogP contribution is -2.26. The molecule has 0 unspecified atom stereocenters. The lowest BCUT2D eigenvalue weighted by Gasteiger charge is -2.09. The molecule has 1 heterocycles. The Kier molecular flexibility index (Phi) is 5.61. The van der Waals surface area contributed by atoms with Crippen molar-refractivity contribution in [3.05, 3.63) is 63.5 Å². The van der Waals surface area contributed by atoms with Crippen molar-refractivity contribution < 1.29 is 9.53 Å². The zero-order valence-corrected chi connectivity index (χ0v) is 13.0. The highest BCUT2D eigenvalue weighted by Gasteiger charge is 2.07. The fourth-order valence-corrected chi connectivity index (χ4v) is 2.07. The Morgan fingerprint density at radius 3 is 2.68 bits per heavy atom. The Labute approximate surface area is 133 Å². The summed E-state index contributed by atoms with van der Waals surface area (Å²) in [6.45, 7) is 2.42. The van der Waals surface area contributed by atoms with E-state index in [2.05, 4.69) is 5.32 Å². The molecule has 0 aliphatic heterocycles. The SMILES string of the molecule is CCOC(=O)Cn1cccc(NCc2ccc(Cl)cc2)c1=O. The average Bonchev–Trinajstić information content (AvgIpc) is 2.50. The summed E-state index contributed by atoms with van der Waals surface area (Å²) in [4.78, 5) is 23.7. The van der Waals surface area contributed by atoms with Crippen LogP contribution in [0.5, 0.6) is 0 Å². The first kappa shape index (κ1) is 16.1. The van der Waals surface area contributed by atoms with Crippen LogP contribution in [0.25, 0.3) is 0 Å². The number of anilines is 1. The van der Waals surface area contributed by atoms with Gasteiger partial charge in [-0.05, 0) is 36.8 Å². The number of nitrogens with one attached hydrogen (secondary N) is 1. The number of esters is 1. The summed E-state index contributed by atoms with van der Waals surface area (Å²) in [6, 6.07) is 10.8. The number of aromatic nitrogens is 1. The molecule has 0 saturated heterocycles. The second kappa shape index (κ2) is 7.66. The Balaban J connectivity index is 2.07. The molecule has 0 amide bonds. The molecule has 0 radical (unpaired) electrons. The van der Waals surface area contributed by atoms with Crippen LogP contribution in [0.4, 0.5) is 5.69 Å². The van der Waals surface area contributed by atoms with Crippen molar-refractivity contribution in [3.63, 3.8) is 0 Å². The number of carbonyl (C=O) groups is 1. The summed E-state index contributed by atoms with van der Waals surface area (Å²) < 4.78 is 6.17. The van der Waals surface area contributed by atoms with Crippen LogP contribution >= 0.6 is 11.6 Å². The molecule has 0 fully saturated rings. The molecule has 0 aliphatic carbocycles. The van der Waals surface area contributed by atoms with Crippen LogP contribution in [-0.2, 0) is 22.6 Å². The monoisotopic (exact) mass is 320 g/mol. The molecular formula is C16H17ClN2O3. The van der Waals surface area contributed by atoms with Crippen LogP contribution in [0.1, 0.15) is 12.5 Å². The molecule has 6 heteroatoms. The first-order chi connectivity index (χ1) is 10.6. The molecule has 1 N–H and O–H groups in total.